The van der Waals surface area contributed by atoms with Crippen LogP contribution in [0.2, 0.25) is 0 Å². The molecular weight excluding hydrogens is 476 g/mol. The van der Waals surface area contributed by atoms with Gasteiger partial charge in [-0.1, -0.05) is 23.8 Å². The summed E-state index contributed by atoms with van der Waals surface area (Å²) in [6.07, 6.45) is 0. The summed E-state index contributed by atoms with van der Waals surface area (Å²) in [4.78, 5) is 48.4. The van der Waals surface area contributed by atoms with Crippen LogP contribution in [0.4, 0.5) is 11.5 Å². The lowest BCUT2D eigenvalue weighted by Crippen LogP contribution is -2.38. The Balaban J connectivity index is 1.72. The van der Waals surface area contributed by atoms with Gasteiger partial charge in [0, 0.05) is 25.8 Å². The van der Waals surface area contributed by atoms with Crippen LogP contribution >= 0.6 is 0 Å². The van der Waals surface area contributed by atoms with E-state index < -0.39 is 39.8 Å². The first kappa shape index (κ1) is 25.4. The highest BCUT2D eigenvalue weighted by molar-refractivity contribution is 7.92. The number of benzene rings is 2. The molecule has 1 amide bonds. The fraction of sp³-hybridized carbons (Fsp3) is 0.217. The second-order valence-electron chi connectivity index (χ2n) is 7.84. The molecule has 0 atom stereocenters. The van der Waals surface area contributed by atoms with E-state index >= 15 is 0 Å². The van der Waals surface area contributed by atoms with Crippen LogP contribution < -0.4 is 21.3 Å². The van der Waals surface area contributed by atoms with Gasteiger partial charge in [0.15, 0.2) is 6.61 Å². The maximum absolute atomic E-state index is 12.8. The third-order valence-corrected chi connectivity index (χ3v) is 6.55. The third-order valence-electron chi connectivity index (χ3n) is 5.17. The second-order valence-corrected chi connectivity index (χ2v) is 9.52. The maximum atomic E-state index is 12.8. The Labute approximate surface area is 201 Å². The van der Waals surface area contributed by atoms with Crippen molar-refractivity contribution in [2.45, 2.75) is 18.7 Å². The molecule has 0 aliphatic rings. The van der Waals surface area contributed by atoms with E-state index in [9.17, 15) is 27.6 Å². The number of nitrogens with zero attached hydrogens (tertiary/aromatic N) is 2. The summed E-state index contributed by atoms with van der Waals surface area (Å²) in [6, 6.07) is 11.8. The normalized spacial score (nSPS) is 11.1. The van der Waals surface area contributed by atoms with Crippen molar-refractivity contribution in [2.75, 3.05) is 16.6 Å². The van der Waals surface area contributed by atoms with Gasteiger partial charge >= 0.3 is 11.7 Å². The van der Waals surface area contributed by atoms with Gasteiger partial charge in [0.05, 0.1) is 10.5 Å². The Morgan fingerprint density at radius 1 is 0.943 bits per heavy atom. The Hall–Kier alpha value is -4.19. The molecule has 0 saturated heterocycles. The lowest BCUT2D eigenvalue weighted by molar-refractivity contribution is -0.119. The molecule has 0 bridgehead atoms. The van der Waals surface area contributed by atoms with Crippen molar-refractivity contribution in [1.29, 1.82) is 0 Å². The molecule has 184 valence electrons. The van der Waals surface area contributed by atoms with E-state index in [2.05, 4.69) is 10.0 Å². The Kier molecular flexibility index (Phi) is 7.25. The number of aromatic nitrogens is 2. The average molecular weight is 501 g/mol. The summed E-state index contributed by atoms with van der Waals surface area (Å²) in [6.45, 7) is 2.74. The lowest BCUT2D eigenvalue weighted by atomic mass is 10.1. The molecule has 3 aromatic rings. The molecule has 3 rings (SSSR count). The number of ether oxygens (including phenoxy) is 1. The summed E-state index contributed by atoms with van der Waals surface area (Å²) in [5.74, 6) is -1.77. The van der Waals surface area contributed by atoms with Gasteiger partial charge < -0.3 is 10.1 Å². The van der Waals surface area contributed by atoms with Crippen LogP contribution in [0, 0.1) is 13.8 Å². The van der Waals surface area contributed by atoms with E-state index in [4.69, 9.17) is 4.74 Å². The Morgan fingerprint density at radius 2 is 1.60 bits per heavy atom. The highest BCUT2D eigenvalue weighted by atomic mass is 32.2. The fourth-order valence-electron chi connectivity index (χ4n) is 3.06. The Bertz CT molecular complexity index is 1520. The number of anilines is 2. The number of carbonyl (C=O) groups is 2. The second kappa shape index (κ2) is 9.97. The fourth-order valence-corrected chi connectivity index (χ4v) is 4.15. The van der Waals surface area contributed by atoms with Crippen molar-refractivity contribution in [3.05, 3.63) is 86.1 Å². The standard InChI is InChI=1S/C23H24N4O7S/c1-14-5-8-16(9-6-14)25-35(32,33)17-10-7-15(2)18(11-17)22(30)34-13-20(28)24-19-12-21(29)27(4)23(31)26(19)3/h5-12,25H,13H2,1-4H3,(H,24,28). The van der Waals surface area contributed by atoms with E-state index in [1.54, 1.807) is 31.2 Å². The molecule has 35 heavy (non-hydrogen) atoms. The molecule has 1 heterocycles. The number of amides is 1. The van der Waals surface area contributed by atoms with Gasteiger partial charge in [-0.15, -0.1) is 0 Å². The largest absolute Gasteiger partial charge is 0.452 e. The molecule has 0 spiro atoms. The first-order chi connectivity index (χ1) is 16.4. The quantitative estimate of drug-likeness (QED) is 0.465. The number of hydrogen-bond donors (Lipinski definition) is 2. The van der Waals surface area contributed by atoms with E-state index in [0.29, 0.717) is 11.3 Å². The van der Waals surface area contributed by atoms with E-state index in [-0.39, 0.29) is 16.3 Å². The van der Waals surface area contributed by atoms with Gasteiger partial charge in [-0.25, -0.2) is 18.0 Å². The third kappa shape index (κ3) is 5.84. The van der Waals surface area contributed by atoms with Crippen molar-refractivity contribution < 1.29 is 22.7 Å². The lowest BCUT2D eigenvalue weighted by Gasteiger charge is -2.12. The number of esters is 1. The van der Waals surface area contributed by atoms with Gasteiger partial charge in [0.25, 0.3) is 21.5 Å². The zero-order valence-corrected chi connectivity index (χ0v) is 20.3. The van der Waals surface area contributed by atoms with E-state index in [0.717, 1.165) is 26.8 Å². The smallest absolute Gasteiger partial charge is 0.338 e. The van der Waals surface area contributed by atoms with Crippen LogP contribution in [0.15, 0.2) is 63.0 Å². The monoisotopic (exact) mass is 500 g/mol. The highest BCUT2D eigenvalue weighted by Gasteiger charge is 2.20. The average Bonchev–Trinajstić information content (AvgIpc) is 2.81. The summed E-state index contributed by atoms with van der Waals surface area (Å²) < 4.78 is 34.9. The minimum Gasteiger partial charge on any atom is -0.452 e. The number of carbonyl (C=O) groups excluding carboxylic acids is 2. The van der Waals surface area contributed by atoms with Crippen molar-refractivity contribution in [3.8, 4) is 0 Å². The van der Waals surface area contributed by atoms with Crippen molar-refractivity contribution >= 4 is 33.4 Å². The van der Waals surface area contributed by atoms with Gasteiger partial charge in [0.2, 0.25) is 0 Å². The predicted molar refractivity (Wildman–Crippen MR) is 129 cm³/mol. The maximum Gasteiger partial charge on any atom is 0.338 e. The van der Waals surface area contributed by atoms with E-state index in [1.807, 2.05) is 6.92 Å². The highest BCUT2D eigenvalue weighted by Crippen LogP contribution is 2.20. The molecule has 0 radical (unpaired) electrons. The number of rotatable bonds is 7. The van der Waals surface area contributed by atoms with Crippen molar-refractivity contribution in [2.24, 2.45) is 14.1 Å². The molecule has 0 aliphatic heterocycles. The molecule has 12 heteroatoms. The van der Waals surface area contributed by atoms with Crippen LogP contribution in [0.1, 0.15) is 21.5 Å². The van der Waals surface area contributed by atoms with Crippen molar-refractivity contribution in [3.63, 3.8) is 0 Å². The SMILES string of the molecule is Cc1ccc(NS(=O)(=O)c2ccc(C)c(C(=O)OCC(=O)Nc3cc(=O)n(C)c(=O)n3C)c2)cc1. The zero-order chi connectivity index (χ0) is 25.9. The first-order valence-corrected chi connectivity index (χ1v) is 11.8. The number of sulfonamides is 1. The van der Waals surface area contributed by atoms with Crippen molar-refractivity contribution in [1.82, 2.24) is 9.13 Å². The molecule has 1 aromatic heterocycles. The van der Waals surface area contributed by atoms with Gasteiger partial charge in [-0.05, 0) is 43.7 Å². The van der Waals surface area contributed by atoms with E-state index in [1.165, 1.54) is 26.2 Å². The van der Waals surface area contributed by atoms with Gasteiger partial charge in [0.1, 0.15) is 5.82 Å². The summed E-state index contributed by atoms with van der Waals surface area (Å²) in [7, 11) is -1.33. The first-order valence-electron chi connectivity index (χ1n) is 10.3. The molecule has 0 fully saturated rings. The summed E-state index contributed by atoms with van der Waals surface area (Å²) in [5.41, 5.74) is 0.478. The molecule has 2 N–H and O–H groups in total. The van der Waals surface area contributed by atoms with Crippen LogP contribution in [0.5, 0.6) is 0 Å². The number of aryl methyl sites for hydroxylation is 2. The van der Waals surface area contributed by atoms with Gasteiger partial charge in [-0.3, -0.25) is 23.4 Å². The molecule has 0 unspecified atom stereocenters. The van der Waals surface area contributed by atoms with Crippen LogP contribution in [0.25, 0.3) is 0 Å². The summed E-state index contributed by atoms with van der Waals surface area (Å²) >= 11 is 0. The molecule has 11 nitrogen and oxygen atoms in total. The number of hydrogen-bond acceptors (Lipinski definition) is 7. The van der Waals surface area contributed by atoms with Crippen LogP contribution in [-0.4, -0.2) is 36.0 Å². The topological polar surface area (TPSA) is 146 Å². The summed E-state index contributed by atoms with van der Waals surface area (Å²) in [5, 5.41) is 2.33. The van der Waals surface area contributed by atoms with Crippen LogP contribution in [-0.2, 0) is 33.7 Å². The van der Waals surface area contributed by atoms with Gasteiger partial charge in [-0.2, -0.15) is 0 Å². The van der Waals surface area contributed by atoms with Crippen LogP contribution in [0.3, 0.4) is 0 Å². The predicted octanol–water partition coefficient (Wildman–Crippen LogP) is 1.30. The number of nitrogens with one attached hydrogen (secondary N) is 2. The molecule has 0 aliphatic carbocycles. The molecular formula is C23H24N4O7S. The molecule has 0 saturated carbocycles. The minimum absolute atomic E-state index is 0.0365. The zero-order valence-electron chi connectivity index (χ0n) is 19.5. The Morgan fingerprint density at radius 3 is 2.26 bits per heavy atom. The minimum atomic E-state index is -3.99. The molecule has 2 aromatic carbocycles.